The molecule has 31 heavy (non-hydrogen) atoms. The van der Waals surface area contributed by atoms with Crippen molar-refractivity contribution >= 4 is 17.7 Å². The predicted molar refractivity (Wildman–Crippen MR) is 111 cm³/mol. The van der Waals surface area contributed by atoms with Gasteiger partial charge in [0, 0.05) is 24.6 Å². The maximum absolute atomic E-state index is 13.4. The molecule has 7 nitrogen and oxygen atoms in total. The molecule has 0 saturated carbocycles. The van der Waals surface area contributed by atoms with Crippen molar-refractivity contribution in [1.82, 2.24) is 15.5 Å². The highest BCUT2D eigenvalue weighted by atomic mass is 19.1. The summed E-state index contributed by atoms with van der Waals surface area (Å²) in [6.45, 7) is 0.379. The van der Waals surface area contributed by atoms with Crippen LogP contribution in [0.3, 0.4) is 0 Å². The van der Waals surface area contributed by atoms with Crippen LogP contribution in [0.5, 0.6) is 5.75 Å². The van der Waals surface area contributed by atoms with Crippen molar-refractivity contribution in [1.29, 1.82) is 0 Å². The molecule has 2 heterocycles. The van der Waals surface area contributed by atoms with Gasteiger partial charge in [-0.3, -0.25) is 14.4 Å². The summed E-state index contributed by atoms with van der Waals surface area (Å²) in [5, 5.41) is 5.69. The van der Waals surface area contributed by atoms with Gasteiger partial charge < -0.3 is 20.3 Å². The number of piperazine rings is 1. The fourth-order valence-electron chi connectivity index (χ4n) is 4.17. The summed E-state index contributed by atoms with van der Waals surface area (Å²) in [5.41, 5.74) is 1.15. The Morgan fingerprint density at radius 1 is 1.23 bits per heavy atom. The maximum atomic E-state index is 13.4. The number of fused-ring (bicyclic) bond motifs is 1. The van der Waals surface area contributed by atoms with Gasteiger partial charge in [-0.25, -0.2) is 4.39 Å². The van der Waals surface area contributed by atoms with Crippen molar-refractivity contribution < 1.29 is 23.5 Å². The minimum atomic E-state index is -0.619. The third-order valence-corrected chi connectivity index (χ3v) is 5.82. The maximum Gasteiger partial charge on any atom is 0.251 e. The van der Waals surface area contributed by atoms with Crippen molar-refractivity contribution in [3.8, 4) is 5.75 Å². The number of hydrogen-bond donors (Lipinski definition) is 2. The van der Waals surface area contributed by atoms with E-state index >= 15 is 0 Å². The monoisotopic (exact) mass is 425 g/mol. The molecule has 2 aliphatic heterocycles. The molecule has 3 unspecified atom stereocenters. The molecule has 0 aromatic heterocycles. The van der Waals surface area contributed by atoms with E-state index in [9.17, 15) is 18.8 Å². The van der Waals surface area contributed by atoms with Crippen LogP contribution in [0.25, 0.3) is 0 Å². The minimum Gasteiger partial charge on any atom is -0.497 e. The number of piperidine rings is 1. The van der Waals surface area contributed by atoms with Crippen molar-refractivity contribution in [2.75, 3.05) is 13.7 Å². The molecular formula is C23H24FN3O4. The average molecular weight is 425 g/mol. The fourth-order valence-corrected chi connectivity index (χ4v) is 4.17. The Bertz CT molecular complexity index is 995. The second kappa shape index (κ2) is 8.75. The SMILES string of the molecule is COc1ccc(CC2NC(=O)C3CC(NC(=O)c4cccc(F)c4)CCN3C2=O)cc1. The lowest BCUT2D eigenvalue weighted by Crippen LogP contribution is -2.67. The molecule has 8 heteroatoms. The summed E-state index contributed by atoms with van der Waals surface area (Å²) in [6.07, 6.45) is 1.26. The summed E-state index contributed by atoms with van der Waals surface area (Å²) < 4.78 is 18.5. The zero-order valence-corrected chi connectivity index (χ0v) is 17.1. The lowest BCUT2D eigenvalue weighted by molar-refractivity contribution is -0.151. The van der Waals surface area contributed by atoms with Crippen LogP contribution in [0.1, 0.15) is 28.8 Å². The third kappa shape index (κ3) is 4.52. The first-order valence-corrected chi connectivity index (χ1v) is 10.2. The van der Waals surface area contributed by atoms with Crippen LogP contribution in [0, 0.1) is 5.82 Å². The van der Waals surface area contributed by atoms with E-state index in [2.05, 4.69) is 10.6 Å². The molecule has 3 amide bonds. The number of nitrogens with one attached hydrogen (secondary N) is 2. The standard InChI is InChI=1S/C23H24FN3O4/c1-31-18-7-5-14(6-8-18)11-19-23(30)27-10-9-17(13-20(27)22(29)26-19)25-21(28)15-3-2-4-16(24)12-15/h2-8,12,17,19-20H,9-11,13H2,1H3,(H,25,28)(H,26,29). The highest BCUT2D eigenvalue weighted by Gasteiger charge is 2.44. The lowest BCUT2D eigenvalue weighted by Gasteiger charge is -2.44. The first-order chi connectivity index (χ1) is 14.9. The molecule has 2 aliphatic rings. The predicted octanol–water partition coefficient (Wildman–Crippen LogP) is 1.66. The average Bonchev–Trinajstić information content (AvgIpc) is 2.78. The number of ether oxygens (including phenoxy) is 1. The summed E-state index contributed by atoms with van der Waals surface area (Å²) in [4.78, 5) is 39.7. The zero-order valence-electron chi connectivity index (χ0n) is 17.1. The van der Waals surface area contributed by atoms with E-state index in [-0.39, 0.29) is 23.4 Å². The number of halogens is 1. The van der Waals surface area contributed by atoms with Crippen molar-refractivity contribution in [2.45, 2.75) is 37.4 Å². The van der Waals surface area contributed by atoms with Crippen LogP contribution in [0.2, 0.25) is 0 Å². The normalized spacial score (nSPS) is 23.0. The molecule has 2 fully saturated rings. The Balaban J connectivity index is 1.38. The van der Waals surface area contributed by atoms with Crippen LogP contribution in [0.15, 0.2) is 48.5 Å². The van der Waals surface area contributed by atoms with Gasteiger partial charge in [-0.05, 0) is 48.7 Å². The first-order valence-electron chi connectivity index (χ1n) is 10.2. The summed E-state index contributed by atoms with van der Waals surface area (Å²) in [7, 11) is 1.59. The van der Waals surface area contributed by atoms with E-state index in [1.165, 1.54) is 24.3 Å². The molecule has 2 N–H and O–H groups in total. The molecule has 0 radical (unpaired) electrons. The van der Waals surface area contributed by atoms with Crippen molar-refractivity contribution in [3.05, 3.63) is 65.5 Å². The molecule has 4 rings (SSSR count). The first kappa shape index (κ1) is 20.8. The Hall–Kier alpha value is -3.42. The molecule has 2 aromatic rings. The Morgan fingerprint density at radius 3 is 2.71 bits per heavy atom. The van der Waals surface area contributed by atoms with E-state index in [0.717, 1.165) is 11.3 Å². The number of nitrogens with zero attached hydrogens (tertiary/aromatic N) is 1. The molecular weight excluding hydrogens is 401 g/mol. The largest absolute Gasteiger partial charge is 0.497 e. The van der Waals surface area contributed by atoms with Crippen LogP contribution >= 0.6 is 0 Å². The Labute approximate surface area is 179 Å². The van der Waals surface area contributed by atoms with E-state index in [4.69, 9.17) is 4.74 Å². The fraction of sp³-hybridized carbons (Fsp3) is 0.348. The minimum absolute atomic E-state index is 0.115. The van der Waals surface area contributed by atoms with Gasteiger partial charge in [0.15, 0.2) is 0 Å². The van der Waals surface area contributed by atoms with Gasteiger partial charge in [-0.15, -0.1) is 0 Å². The molecule has 162 valence electrons. The van der Waals surface area contributed by atoms with Crippen LogP contribution in [-0.2, 0) is 16.0 Å². The second-order valence-corrected chi connectivity index (χ2v) is 7.87. The quantitative estimate of drug-likeness (QED) is 0.763. The molecule has 2 saturated heterocycles. The number of methoxy groups -OCH3 is 1. The van der Waals surface area contributed by atoms with E-state index in [1.807, 2.05) is 24.3 Å². The molecule has 0 aliphatic carbocycles. The summed E-state index contributed by atoms with van der Waals surface area (Å²) in [5.74, 6) is -0.483. The number of rotatable bonds is 5. The number of benzene rings is 2. The molecule has 3 atom stereocenters. The van der Waals surface area contributed by atoms with Crippen molar-refractivity contribution in [2.24, 2.45) is 0 Å². The number of carbonyl (C=O) groups is 3. The molecule has 0 spiro atoms. The molecule has 2 aromatic carbocycles. The van der Waals surface area contributed by atoms with Crippen LogP contribution in [-0.4, -0.2) is 54.4 Å². The third-order valence-electron chi connectivity index (χ3n) is 5.82. The van der Waals surface area contributed by atoms with E-state index in [0.29, 0.717) is 25.8 Å². The van der Waals surface area contributed by atoms with Crippen LogP contribution < -0.4 is 15.4 Å². The molecule has 0 bridgehead atoms. The highest BCUT2D eigenvalue weighted by Crippen LogP contribution is 2.24. The smallest absolute Gasteiger partial charge is 0.251 e. The van der Waals surface area contributed by atoms with Gasteiger partial charge in [0.2, 0.25) is 11.8 Å². The number of carbonyl (C=O) groups excluding carboxylic acids is 3. The van der Waals surface area contributed by atoms with E-state index in [1.54, 1.807) is 12.0 Å². The van der Waals surface area contributed by atoms with E-state index < -0.39 is 23.8 Å². The van der Waals surface area contributed by atoms with Gasteiger partial charge in [-0.1, -0.05) is 18.2 Å². The summed E-state index contributed by atoms with van der Waals surface area (Å²) in [6, 6.07) is 11.3. The van der Waals surface area contributed by atoms with Gasteiger partial charge in [0.1, 0.15) is 23.7 Å². The second-order valence-electron chi connectivity index (χ2n) is 7.87. The van der Waals surface area contributed by atoms with Gasteiger partial charge >= 0.3 is 0 Å². The number of hydrogen-bond acceptors (Lipinski definition) is 4. The summed E-state index contributed by atoms with van der Waals surface area (Å²) >= 11 is 0. The van der Waals surface area contributed by atoms with Gasteiger partial charge in [0.05, 0.1) is 7.11 Å². The number of amides is 3. The topological polar surface area (TPSA) is 87.7 Å². The van der Waals surface area contributed by atoms with Gasteiger partial charge in [-0.2, -0.15) is 0 Å². The Kier molecular flexibility index (Phi) is 5.88. The lowest BCUT2D eigenvalue weighted by atomic mass is 9.91. The highest BCUT2D eigenvalue weighted by molar-refractivity contribution is 5.98. The van der Waals surface area contributed by atoms with Gasteiger partial charge in [0.25, 0.3) is 5.91 Å². The van der Waals surface area contributed by atoms with Crippen LogP contribution in [0.4, 0.5) is 4.39 Å². The van der Waals surface area contributed by atoms with Crippen molar-refractivity contribution in [3.63, 3.8) is 0 Å². The zero-order chi connectivity index (χ0) is 22.0. The Morgan fingerprint density at radius 2 is 2.00 bits per heavy atom.